The standard InChI is InChI=1S/C17H16N6/c1-13-9-14(7-8-15(13)10-18)11-19-12-17-20-21-22-23(17)16-5-3-2-4-6-16/h2-9,19H,11-12H2,1H3. The maximum absolute atomic E-state index is 8.96. The monoisotopic (exact) mass is 304 g/mol. The molecule has 6 nitrogen and oxygen atoms in total. The summed E-state index contributed by atoms with van der Waals surface area (Å²) in [7, 11) is 0. The number of nitrogens with zero attached hydrogens (tertiary/aromatic N) is 5. The van der Waals surface area contributed by atoms with Crippen LogP contribution in [0.15, 0.2) is 48.5 Å². The molecule has 0 fully saturated rings. The van der Waals surface area contributed by atoms with Gasteiger partial charge in [0.05, 0.1) is 23.9 Å². The maximum atomic E-state index is 8.96. The van der Waals surface area contributed by atoms with Crippen LogP contribution in [0.2, 0.25) is 0 Å². The van der Waals surface area contributed by atoms with Gasteiger partial charge in [-0.2, -0.15) is 9.94 Å². The molecule has 0 atom stereocenters. The third-order valence-electron chi connectivity index (χ3n) is 3.56. The Hall–Kier alpha value is -3.04. The second kappa shape index (κ2) is 6.81. The summed E-state index contributed by atoms with van der Waals surface area (Å²) < 4.78 is 1.72. The fraction of sp³-hybridized carbons (Fsp3) is 0.176. The summed E-state index contributed by atoms with van der Waals surface area (Å²) in [6.07, 6.45) is 0. The molecule has 0 aliphatic rings. The van der Waals surface area contributed by atoms with E-state index in [9.17, 15) is 0 Å². The van der Waals surface area contributed by atoms with Gasteiger partial charge < -0.3 is 5.32 Å². The van der Waals surface area contributed by atoms with E-state index in [1.165, 1.54) is 0 Å². The van der Waals surface area contributed by atoms with Crippen LogP contribution in [0.3, 0.4) is 0 Å². The van der Waals surface area contributed by atoms with Gasteiger partial charge in [-0.05, 0) is 46.7 Å². The number of hydrogen-bond acceptors (Lipinski definition) is 5. The van der Waals surface area contributed by atoms with Gasteiger partial charge in [0.1, 0.15) is 0 Å². The van der Waals surface area contributed by atoms with Crippen molar-refractivity contribution in [1.82, 2.24) is 25.5 Å². The van der Waals surface area contributed by atoms with Crippen LogP contribution >= 0.6 is 0 Å². The first kappa shape index (κ1) is 14.9. The predicted molar refractivity (Wildman–Crippen MR) is 85.6 cm³/mol. The minimum absolute atomic E-state index is 0.556. The highest BCUT2D eigenvalue weighted by Gasteiger charge is 2.07. The lowest BCUT2D eigenvalue weighted by Gasteiger charge is -2.07. The van der Waals surface area contributed by atoms with Crippen molar-refractivity contribution in [3.8, 4) is 11.8 Å². The van der Waals surface area contributed by atoms with Crippen molar-refractivity contribution < 1.29 is 0 Å². The first-order chi connectivity index (χ1) is 11.3. The minimum atomic E-state index is 0.556. The Bertz CT molecular complexity index is 832. The van der Waals surface area contributed by atoms with Gasteiger partial charge in [0.2, 0.25) is 0 Å². The minimum Gasteiger partial charge on any atom is -0.306 e. The van der Waals surface area contributed by atoms with Crippen molar-refractivity contribution in [3.63, 3.8) is 0 Å². The van der Waals surface area contributed by atoms with E-state index in [-0.39, 0.29) is 0 Å². The Labute approximate surface area is 134 Å². The number of benzene rings is 2. The van der Waals surface area contributed by atoms with E-state index in [4.69, 9.17) is 5.26 Å². The summed E-state index contributed by atoms with van der Waals surface area (Å²) in [6, 6.07) is 17.8. The number of para-hydroxylation sites is 1. The van der Waals surface area contributed by atoms with Crippen LogP contribution in [-0.4, -0.2) is 20.2 Å². The molecular formula is C17H16N6. The highest BCUT2D eigenvalue weighted by Crippen LogP contribution is 2.10. The smallest absolute Gasteiger partial charge is 0.170 e. The molecule has 0 saturated heterocycles. The van der Waals surface area contributed by atoms with Crippen molar-refractivity contribution in [2.45, 2.75) is 20.0 Å². The molecule has 6 heteroatoms. The van der Waals surface area contributed by atoms with Crippen molar-refractivity contribution in [3.05, 3.63) is 71.0 Å². The van der Waals surface area contributed by atoms with Crippen LogP contribution in [0, 0.1) is 18.3 Å². The molecule has 0 spiro atoms. The summed E-state index contributed by atoms with van der Waals surface area (Å²) in [4.78, 5) is 0. The Morgan fingerprint density at radius 1 is 1.13 bits per heavy atom. The molecule has 3 aromatic rings. The summed E-state index contributed by atoms with van der Waals surface area (Å²) >= 11 is 0. The average molecular weight is 304 g/mol. The zero-order chi connectivity index (χ0) is 16.1. The number of hydrogen-bond donors (Lipinski definition) is 1. The molecule has 2 aromatic carbocycles. The highest BCUT2D eigenvalue weighted by atomic mass is 15.5. The van der Waals surface area contributed by atoms with Crippen molar-refractivity contribution in [1.29, 1.82) is 5.26 Å². The van der Waals surface area contributed by atoms with E-state index in [1.807, 2.05) is 55.5 Å². The third kappa shape index (κ3) is 3.42. The average Bonchev–Trinajstić information content (AvgIpc) is 3.04. The van der Waals surface area contributed by atoms with E-state index in [1.54, 1.807) is 4.68 Å². The lowest BCUT2D eigenvalue weighted by molar-refractivity contribution is 0.641. The molecule has 1 heterocycles. The first-order valence-electron chi connectivity index (χ1n) is 7.31. The molecule has 0 aliphatic carbocycles. The van der Waals surface area contributed by atoms with Gasteiger partial charge in [-0.25, -0.2) is 0 Å². The molecule has 0 aliphatic heterocycles. The zero-order valence-corrected chi connectivity index (χ0v) is 12.8. The molecule has 3 rings (SSSR count). The number of rotatable bonds is 5. The van der Waals surface area contributed by atoms with Gasteiger partial charge in [-0.1, -0.05) is 30.3 Å². The van der Waals surface area contributed by atoms with Crippen molar-refractivity contribution in [2.75, 3.05) is 0 Å². The normalized spacial score (nSPS) is 10.4. The number of nitriles is 1. The zero-order valence-electron chi connectivity index (χ0n) is 12.8. The number of nitrogens with one attached hydrogen (secondary N) is 1. The second-order valence-corrected chi connectivity index (χ2v) is 5.21. The lowest BCUT2D eigenvalue weighted by Crippen LogP contribution is -2.16. The van der Waals surface area contributed by atoms with Crippen LogP contribution in [0.4, 0.5) is 0 Å². The van der Waals surface area contributed by atoms with Gasteiger partial charge >= 0.3 is 0 Å². The summed E-state index contributed by atoms with van der Waals surface area (Å²) in [5.74, 6) is 0.751. The Balaban J connectivity index is 1.65. The Morgan fingerprint density at radius 2 is 1.96 bits per heavy atom. The molecule has 1 N–H and O–H groups in total. The fourth-order valence-electron chi connectivity index (χ4n) is 2.37. The molecule has 0 amide bonds. The maximum Gasteiger partial charge on any atom is 0.170 e. The van der Waals surface area contributed by atoms with Crippen molar-refractivity contribution >= 4 is 0 Å². The number of tetrazole rings is 1. The van der Waals surface area contributed by atoms with Crippen LogP contribution in [0.5, 0.6) is 0 Å². The Morgan fingerprint density at radius 3 is 2.70 bits per heavy atom. The first-order valence-corrected chi connectivity index (χ1v) is 7.31. The van der Waals surface area contributed by atoms with Gasteiger partial charge in [-0.15, -0.1) is 5.10 Å². The summed E-state index contributed by atoms with van der Waals surface area (Å²) in [5.41, 5.74) is 3.76. The van der Waals surface area contributed by atoms with Gasteiger partial charge in [-0.3, -0.25) is 0 Å². The van der Waals surface area contributed by atoms with Crippen LogP contribution in [0.25, 0.3) is 5.69 Å². The van der Waals surface area contributed by atoms with Crippen LogP contribution in [-0.2, 0) is 13.1 Å². The van der Waals surface area contributed by atoms with E-state index >= 15 is 0 Å². The highest BCUT2D eigenvalue weighted by molar-refractivity contribution is 5.39. The molecule has 0 bridgehead atoms. The summed E-state index contributed by atoms with van der Waals surface area (Å²) in [5, 5.41) is 24.1. The molecule has 0 unspecified atom stereocenters. The molecule has 0 saturated carbocycles. The predicted octanol–water partition coefficient (Wildman–Crippen LogP) is 2.13. The molecule has 0 radical (unpaired) electrons. The fourth-order valence-corrected chi connectivity index (χ4v) is 2.37. The summed E-state index contributed by atoms with van der Waals surface area (Å²) in [6.45, 7) is 3.19. The van der Waals surface area contributed by atoms with Gasteiger partial charge in [0, 0.05) is 6.54 Å². The van der Waals surface area contributed by atoms with E-state index in [0.29, 0.717) is 18.7 Å². The molecule has 1 aromatic heterocycles. The topological polar surface area (TPSA) is 79.4 Å². The SMILES string of the molecule is Cc1cc(CNCc2nnnn2-c2ccccc2)ccc1C#N. The van der Waals surface area contributed by atoms with E-state index in [2.05, 4.69) is 26.9 Å². The van der Waals surface area contributed by atoms with E-state index in [0.717, 1.165) is 22.6 Å². The largest absolute Gasteiger partial charge is 0.306 e. The van der Waals surface area contributed by atoms with Crippen LogP contribution in [0.1, 0.15) is 22.5 Å². The third-order valence-corrected chi connectivity index (χ3v) is 3.56. The molecular weight excluding hydrogens is 288 g/mol. The lowest BCUT2D eigenvalue weighted by atomic mass is 10.1. The van der Waals surface area contributed by atoms with Crippen LogP contribution < -0.4 is 5.32 Å². The molecule has 114 valence electrons. The Kier molecular flexibility index (Phi) is 4.41. The van der Waals surface area contributed by atoms with Gasteiger partial charge in [0.15, 0.2) is 5.82 Å². The van der Waals surface area contributed by atoms with E-state index < -0.39 is 0 Å². The molecule has 23 heavy (non-hydrogen) atoms. The number of aryl methyl sites for hydroxylation is 1. The van der Waals surface area contributed by atoms with Gasteiger partial charge in [0.25, 0.3) is 0 Å². The number of aromatic nitrogens is 4. The quantitative estimate of drug-likeness (QED) is 0.781. The van der Waals surface area contributed by atoms with Crippen molar-refractivity contribution in [2.24, 2.45) is 0 Å². The second-order valence-electron chi connectivity index (χ2n) is 5.21.